The normalized spacial score (nSPS) is 18.9. The number of anilines is 3. The van der Waals surface area contributed by atoms with Crippen molar-refractivity contribution in [1.82, 2.24) is 28.8 Å². The molecule has 5 rings (SSSR count). The molecule has 0 atom stereocenters. The smallest absolute Gasteiger partial charge is 0.321 e. The van der Waals surface area contributed by atoms with Crippen LogP contribution in [0.4, 0.5) is 17.6 Å². The number of pyridine rings is 1. The number of rotatable bonds is 7. The minimum Gasteiger partial charge on any atom is -0.341 e. The van der Waals surface area contributed by atoms with Crippen molar-refractivity contribution in [3.63, 3.8) is 0 Å². The maximum atomic E-state index is 12.3. The molecule has 3 aromatic heterocycles. The summed E-state index contributed by atoms with van der Waals surface area (Å²) >= 11 is 0. The Hall–Kier alpha value is -3.32. The molecule has 3 aromatic rings. The lowest BCUT2D eigenvalue weighted by Crippen LogP contribution is -2.46. The first-order chi connectivity index (χ1) is 16.9. The van der Waals surface area contributed by atoms with Crippen molar-refractivity contribution in [3.05, 3.63) is 30.9 Å². The number of carbonyl (C=O) groups is 1. The summed E-state index contributed by atoms with van der Waals surface area (Å²) in [5.74, 6) is 1.46. The average Bonchev–Trinajstić information content (AvgIpc) is 3.45. The second-order valence-electron chi connectivity index (χ2n) is 8.99. The van der Waals surface area contributed by atoms with Crippen LogP contribution in [0.1, 0.15) is 39.2 Å². The number of hydrogen-bond acceptors (Lipinski definition) is 10. The van der Waals surface area contributed by atoms with Gasteiger partial charge in [-0.1, -0.05) is 0 Å². The number of imidazole rings is 1. The third-order valence-electron chi connectivity index (χ3n) is 6.49. The van der Waals surface area contributed by atoms with Gasteiger partial charge in [-0.15, -0.1) is 5.06 Å². The number of sulfonamides is 1. The van der Waals surface area contributed by atoms with E-state index in [0.29, 0.717) is 63.0 Å². The standard InChI is InChI=1S/C22H28N8O4S/c1-16(2)28-14-25-18-13-24-21(12-19(18)28)30(34-15-31)20-4-7-23-22(26-20)27-9-5-17(6-10-27)29-8-3-11-35(29,32)33/h4,7,12-17H,3,5-6,8-11H2,1-2H3. The van der Waals surface area contributed by atoms with Gasteiger partial charge in [-0.3, -0.25) is 4.79 Å². The van der Waals surface area contributed by atoms with Crippen LogP contribution >= 0.6 is 0 Å². The van der Waals surface area contributed by atoms with Crippen LogP contribution in [0.3, 0.4) is 0 Å². The van der Waals surface area contributed by atoms with Gasteiger partial charge in [0.05, 0.1) is 23.8 Å². The van der Waals surface area contributed by atoms with Gasteiger partial charge in [-0.25, -0.2) is 23.4 Å². The fourth-order valence-corrected chi connectivity index (χ4v) is 6.54. The predicted molar refractivity (Wildman–Crippen MR) is 130 cm³/mol. The lowest BCUT2D eigenvalue weighted by atomic mass is 10.1. The van der Waals surface area contributed by atoms with Crippen LogP contribution in [0, 0.1) is 0 Å². The second kappa shape index (κ2) is 9.38. The van der Waals surface area contributed by atoms with Crippen molar-refractivity contribution in [2.75, 3.05) is 35.4 Å². The zero-order valence-corrected chi connectivity index (χ0v) is 20.5. The first-order valence-corrected chi connectivity index (χ1v) is 13.3. The van der Waals surface area contributed by atoms with Gasteiger partial charge in [0.25, 0.3) is 0 Å². The quantitative estimate of drug-likeness (QED) is 0.351. The van der Waals surface area contributed by atoms with E-state index in [2.05, 4.69) is 33.8 Å². The molecule has 5 heterocycles. The molecule has 35 heavy (non-hydrogen) atoms. The van der Waals surface area contributed by atoms with E-state index in [-0.39, 0.29) is 17.8 Å². The third-order valence-corrected chi connectivity index (χ3v) is 8.49. The summed E-state index contributed by atoms with van der Waals surface area (Å²) in [5, 5.41) is 1.26. The Morgan fingerprint density at radius 3 is 2.63 bits per heavy atom. The highest BCUT2D eigenvalue weighted by molar-refractivity contribution is 7.89. The Bertz CT molecular complexity index is 1320. The lowest BCUT2D eigenvalue weighted by Gasteiger charge is -2.36. The van der Waals surface area contributed by atoms with Crippen LogP contribution in [0.25, 0.3) is 11.0 Å². The van der Waals surface area contributed by atoms with E-state index in [9.17, 15) is 13.2 Å². The Morgan fingerprint density at radius 1 is 1.14 bits per heavy atom. The molecular formula is C22H28N8O4S. The van der Waals surface area contributed by atoms with Crippen LogP contribution in [0.2, 0.25) is 0 Å². The zero-order valence-electron chi connectivity index (χ0n) is 19.7. The van der Waals surface area contributed by atoms with Gasteiger partial charge in [0, 0.05) is 50.0 Å². The van der Waals surface area contributed by atoms with Gasteiger partial charge in [-0.2, -0.15) is 9.29 Å². The first kappa shape index (κ1) is 23.4. The van der Waals surface area contributed by atoms with Crippen molar-refractivity contribution >= 4 is 45.1 Å². The van der Waals surface area contributed by atoms with E-state index in [1.54, 1.807) is 35.2 Å². The minimum atomic E-state index is -3.13. The predicted octanol–water partition coefficient (Wildman–Crippen LogP) is 2.03. The fourth-order valence-electron chi connectivity index (χ4n) is 4.74. The highest BCUT2D eigenvalue weighted by atomic mass is 32.2. The van der Waals surface area contributed by atoms with Gasteiger partial charge in [0.15, 0.2) is 11.6 Å². The molecule has 2 saturated heterocycles. The van der Waals surface area contributed by atoms with Crippen LogP contribution in [-0.2, 0) is 19.7 Å². The van der Waals surface area contributed by atoms with E-state index >= 15 is 0 Å². The molecule has 13 heteroatoms. The summed E-state index contributed by atoms with van der Waals surface area (Å²) in [5.41, 5.74) is 1.59. The summed E-state index contributed by atoms with van der Waals surface area (Å²) in [6.07, 6.45) is 7.10. The number of nitrogens with zero attached hydrogens (tertiary/aromatic N) is 8. The van der Waals surface area contributed by atoms with E-state index < -0.39 is 10.0 Å². The van der Waals surface area contributed by atoms with Gasteiger partial charge in [0.2, 0.25) is 16.0 Å². The summed E-state index contributed by atoms with van der Waals surface area (Å²) in [4.78, 5) is 36.5. The Morgan fingerprint density at radius 2 is 1.94 bits per heavy atom. The molecule has 186 valence electrons. The van der Waals surface area contributed by atoms with E-state index in [1.165, 1.54) is 5.06 Å². The molecule has 0 unspecified atom stereocenters. The Balaban J connectivity index is 1.37. The molecule has 2 aliphatic heterocycles. The van der Waals surface area contributed by atoms with Gasteiger partial charge >= 0.3 is 6.47 Å². The van der Waals surface area contributed by atoms with Crippen molar-refractivity contribution in [1.29, 1.82) is 0 Å². The number of carbonyl (C=O) groups excluding carboxylic acids is 1. The number of piperidine rings is 1. The molecule has 0 spiro atoms. The molecule has 0 radical (unpaired) electrons. The van der Waals surface area contributed by atoms with Gasteiger partial charge in [-0.05, 0) is 33.1 Å². The van der Waals surface area contributed by atoms with Crippen LogP contribution in [0.5, 0.6) is 0 Å². The average molecular weight is 501 g/mol. The van der Waals surface area contributed by atoms with Crippen LogP contribution in [0.15, 0.2) is 30.9 Å². The third kappa shape index (κ3) is 4.52. The summed E-state index contributed by atoms with van der Waals surface area (Å²) < 4.78 is 28.2. The van der Waals surface area contributed by atoms with Crippen molar-refractivity contribution in [2.24, 2.45) is 0 Å². The topological polar surface area (TPSA) is 127 Å². The van der Waals surface area contributed by atoms with Crippen LogP contribution in [-0.4, -0.2) is 75.1 Å². The molecule has 0 aliphatic carbocycles. The van der Waals surface area contributed by atoms with E-state index in [0.717, 1.165) is 11.0 Å². The van der Waals surface area contributed by atoms with E-state index in [1.807, 2.05) is 9.47 Å². The molecule has 12 nitrogen and oxygen atoms in total. The molecule has 2 aliphatic rings. The Labute approximate surface area is 203 Å². The Kier molecular flexibility index (Phi) is 6.28. The second-order valence-corrected chi connectivity index (χ2v) is 11.0. The van der Waals surface area contributed by atoms with Gasteiger partial charge < -0.3 is 14.3 Å². The zero-order chi connectivity index (χ0) is 24.6. The minimum absolute atomic E-state index is 0.0126. The summed E-state index contributed by atoms with van der Waals surface area (Å²) in [6.45, 7) is 6.30. The number of hydrogen-bond donors (Lipinski definition) is 0. The summed E-state index contributed by atoms with van der Waals surface area (Å²) in [6, 6.07) is 3.65. The van der Waals surface area contributed by atoms with Gasteiger partial charge in [0.1, 0.15) is 5.52 Å². The van der Waals surface area contributed by atoms with Crippen LogP contribution < -0.4 is 9.96 Å². The number of fused-ring (bicyclic) bond motifs is 1. The molecule has 0 amide bonds. The maximum Gasteiger partial charge on any atom is 0.321 e. The molecule has 0 bridgehead atoms. The monoisotopic (exact) mass is 500 g/mol. The highest BCUT2D eigenvalue weighted by Crippen LogP contribution is 2.29. The molecular weight excluding hydrogens is 472 g/mol. The van der Waals surface area contributed by atoms with Crippen molar-refractivity contribution in [2.45, 2.75) is 45.2 Å². The highest BCUT2D eigenvalue weighted by Gasteiger charge is 2.36. The largest absolute Gasteiger partial charge is 0.341 e. The first-order valence-electron chi connectivity index (χ1n) is 11.7. The fraction of sp³-hybridized carbons (Fsp3) is 0.500. The lowest BCUT2D eigenvalue weighted by molar-refractivity contribution is -0.128. The summed E-state index contributed by atoms with van der Waals surface area (Å²) in [7, 11) is -3.13. The van der Waals surface area contributed by atoms with Crippen molar-refractivity contribution in [3.8, 4) is 0 Å². The maximum absolute atomic E-state index is 12.3. The molecule has 0 saturated carbocycles. The number of aromatic nitrogens is 5. The molecule has 0 N–H and O–H groups in total. The SMILES string of the molecule is CC(C)n1cnc2cnc(N(OC=O)c3ccnc(N4CCC(N5CCCS5(=O)=O)CC4)n3)cc21. The molecule has 2 fully saturated rings. The molecule has 0 aromatic carbocycles. The van der Waals surface area contributed by atoms with Crippen molar-refractivity contribution < 1.29 is 18.0 Å². The van der Waals surface area contributed by atoms with E-state index in [4.69, 9.17) is 4.84 Å².